The topological polar surface area (TPSA) is 35.5 Å². The molecule has 206 valence electrons. The summed E-state index contributed by atoms with van der Waals surface area (Å²) in [5.41, 5.74) is 4.58. The van der Waals surface area contributed by atoms with Crippen molar-refractivity contribution < 1.29 is 14.3 Å². The lowest BCUT2D eigenvalue weighted by Gasteiger charge is -2.36. The van der Waals surface area contributed by atoms with E-state index in [1.165, 1.54) is 28.0 Å². The smallest absolute Gasteiger partial charge is 0.422 e. The largest absolute Gasteiger partial charge is 0.514 e. The molecule has 40 heavy (non-hydrogen) atoms. The van der Waals surface area contributed by atoms with Gasteiger partial charge in [-0.2, -0.15) is 0 Å². The van der Waals surface area contributed by atoms with Gasteiger partial charge >= 0.3 is 6.16 Å². The number of benzene rings is 4. The first-order chi connectivity index (χ1) is 19.3. The van der Waals surface area contributed by atoms with Crippen LogP contribution in [0, 0.1) is 0 Å². The van der Waals surface area contributed by atoms with Gasteiger partial charge in [-0.25, -0.2) is 4.79 Å². The van der Waals surface area contributed by atoms with Crippen LogP contribution in [-0.2, 0) is 22.2 Å². The Morgan fingerprint density at radius 1 is 0.725 bits per heavy atom. The normalized spacial score (nSPS) is 14.9. The first-order valence-corrected chi connectivity index (χ1v) is 15.0. The Morgan fingerprint density at radius 3 is 1.85 bits per heavy atom. The minimum absolute atomic E-state index is 0.172. The Hall–Kier alpha value is -3.50. The van der Waals surface area contributed by atoms with E-state index in [2.05, 4.69) is 69.3 Å². The van der Waals surface area contributed by atoms with Gasteiger partial charge in [0.05, 0.1) is 0 Å². The number of carbonyl (C=O) groups excluding carboxylic acids is 1. The van der Waals surface area contributed by atoms with Crippen LogP contribution in [0.1, 0.15) is 75.1 Å². The Morgan fingerprint density at radius 2 is 1.27 bits per heavy atom. The zero-order valence-electron chi connectivity index (χ0n) is 23.7. The highest BCUT2D eigenvalue weighted by molar-refractivity contribution is 7.99. The van der Waals surface area contributed by atoms with E-state index in [4.69, 9.17) is 9.47 Å². The monoisotopic (exact) mass is 550 g/mol. The van der Waals surface area contributed by atoms with Crippen molar-refractivity contribution in [2.45, 2.75) is 80.1 Å². The molecule has 4 aromatic rings. The molecule has 0 amide bonds. The molecule has 1 aliphatic carbocycles. The molecular weight excluding hydrogens is 512 g/mol. The quantitative estimate of drug-likeness (QED) is 0.169. The second-order valence-corrected chi connectivity index (χ2v) is 12.9. The fraction of sp³-hybridized carbons (Fsp3) is 0.306. The average molecular weight is 551 g/mol. The van der Waals surface area contributed by atoms with Crippen LogP contribution < -0.4 is 4.74 Å². The molecule has 1 aliphatic rings. The molecule has 0 aliphatic heterocycles. The summed E-state index contributed by atoms with van der Waals surface area (Å²) < 4.78 is 11.6. The van der Waals surface area contributed by atoms with Crippen molar-refractivity contribution in [3.05, 3.63) is 125 Å². The summed E-state index contributed by atoms with van der Waals surface area (Å²) in [6, 6.07) is 35.3. The molecule has 0 heterocycles. The number of hydrogen-bond acceptors (Lipinski definition) is 4. The fourth-order valence-electron chi connectivity index (χ4n) is 5.34. The van der Waals surface area contributed by atoms with Crippen LogP contribution in [0.3, 0.4) is 0 Å². The molecule has 0 spiro atoms. The van der Waals surface area contributed by atoms with E-state index < -0.39 is 11.8 Å². The van der Waals surface area contributed by atoms with Crippen molar-refractivity contribution in [1.29, 1.82) is 0 Å². The zero-order chi connectivity index (χ0) is 28.0. The summed E-state index contributed by atoms with van der Waals surface area (Å²) in [6.07, 6.45) is 5.17. The first-order valence-electron chi connectivity index (χ1n) is 14.2. The lowest BCUT2D eigenvalue weighted by atomic mass is 9.79. The van der Waals surface area contributed by atoms with Crippen LogP contribution in [0.5, 0.6) is 5.75 Å². The van der Waals surface area contributed by atoms with E-state index >= 15 is 0 Å². The minimum Gasteiger partial charge on any atom is -0.422 e. The molecule has 1 fully saturated rings. The summed E-state index contributed by atoms with van der Waals surface area (Å²) >= 11 is 1.69. The van der Waals surface area contributed by atoms with Gasteiger partial charge in [0.2, 0.25) is 0 Å². The summed E-state index contributed by atoms with van der Waals surface area (Å²) in [5.74, 6) is 0.487. The van der Waals surface area contributed by atoms with Gasteiger partial charge in [0.1, 0.15) is 11.4 Å². The molecular formula is C36H38O3S. The molecule has 0 N–H and O–H groups in total. The zero-order valence-corrected chi connectivity index (χ0v) is 24.5. The van der Waals surface area contributed by atoms with Crippen LogP contribution in [-0.4, -0.2) is 6.16 Å². The first kappa shape index (κ1) is 28.0. The van der Waals surface area contributed by atoms with Gasteiger partial charge in [0.25, 0.3) is 0 Å². The molecule has 4 heteroatoms. The lowest BCUT2D eigenvalue weighted by Crippen LogP contribution is -2.35. The van der Waals surface area contributed by atoms with Crippen molar-refractivity contribution in [2.75, 3.05) is 0 Å². The van der Waals surface area contributed by atoms with Gasteiger partial charge in [-0.15, -0.1) is 0 Å². The predicted octanol–water partition coefficient (Wildman–Crippen LogP) is 10.1. The van der Waals surface area contributed by atoms with Crippen molar-refractivity contribution in [1.82, 2.24) is 0 Å². The molecule has 0 saturated heterocycles. The molecule has 3 nitrogen and oxygen atoms in total. The van der Waals surface area contributed by atoms with E-state index in [0.717, 1.165) is 42.6 Å². The van der Waals surface area contributed by atoms with Crippen LogP contribution in [0.4, 0.5) is 4.79 Å². The maximum absolute atomic E-state index is 12.8. The maximum atomic E-state index is 12.8. The lowest BCUT2D eigenvalue weighted by molar-refractivity contribution is -0.0421. The molecule has 0 atom stereocenters. The van der Waals surface area contributed by atoms with Crippen molar-refractivity contribution in [2.24, 2.45) is 0 Å². The Labute approximate surface area is 242 Å². The Balaban J connectivity index is 1.16. The second-order valence-electron chi connectivity index (χ2n) is 11.7. The fourth-order valence-corrected chi connectivity index (χ4v) is 6.15. The molecule has 5 rings (SSSR count). The molecule has 0 unspecified atom stereocenters. The van der Waals surface area contributed by atoms with Gasteiger partial charge in [-0.3, -0.25) is 0 Å². The average Bonchev–Trinajstić information content (AvgIpc) is 2.96. The number of ether oxygens (including phenoxy) is 2. The Kier molecular flexibility index (Phi) is 8.66. The Bertz CT molecular complexity index is 1380. The number of hydrogen-bond donors (Lipinski definition) is 0. The van der Waals surface area contributed by atoms with Crippen LogP contribution in [0.25, 0.3) is 0 Å². The highest BCUT2D eigenvalue weighted by atomic mass is 32.2. The summed E-state index contributed by atoms with van der Waals surface area (Å²) in [6.45, 7) is 6.73. The van der Waals surface area contributed by atoms with Gasteiger partial charge < -0.3 is 9.47 Å². The summed E-state index contributed by atoms with van der Waals surface area (Å²) in [7, 11) is 0. The minimum atomic E-state index is -0.644. The summed E-state index contributed by atoms with van der Waals surface area (Å²) in [5, 5.41) is 0. The molecule has 0 bridgehead atoms. The molecule has 0 aromatic heterocycles. The van der Waals surface area contributed by atoms with E-state index in [9.17, 15) is 4.79 Å². The maximum Gasteiger partial charge on any atom is 0.514 e. The standard InChI is InChI=1S/C36H38O3S/c1-35(2,3)29-16-12-27(13-17-29)26-28-14-20-32(21-15-28)40-33-22-18-31(19-23-33)38-34(37)39-36(24-8-5-9-25-36)30-10-6-4-7-11-30/h4,6-7,10-23H,5,8-9,24-26H2,1-3H3. The van der Waals surface area contributed by atoms with Crippen molar-refractivity contribution in [3.8, 4) is 5.75 Å². The van der Waals surface area contributed by atoms with E-state index in [1.54, 1.807) is 11.8 Å². The van der Waals surface area contributed by atoms with Crippen LogP contribution in [0.2, 0.25) is 0 Å². The SMILES string of the molecule is CC(C)(C)c1ccc(Cc2ccc(Sc3ccc(OC(=O)OC4(c5ccccc5)CCCCC4)cc3)cc2)cc1. The number of rotatable bonds is 7. The van der Waals surface area contributed by atoms with Crippen LogP contribution in [0.15, 0.2) is 113 Å². The highest BCUT2D eigenvalue weighted by Gasteiger charge is 2.38. The van der Waals surface area contributed by atoms with E-state index in [-0.39, 0.29) is 5.41 Å². The second kappa shape index (κ2) is 12.3. The third kappa shape index (κ3) is 7.17. The highest BCUT2D eigenvalue weighted by Crippen LogP contribution is 2.41. The van der Waals surface area contributed by atoms with Gasteiger partial charge in [-0.1, -0.05) is 106 Å². The van der Waals surface area contributed by atoms with Gasteiger partial charge in [-0.05, 0) is 96.2 Å². The van der Waals surface area contributed by atoms with Crippen molar-refractivity contribution >= 4 is 17.9 Å². The van der Waals surface area contributed by atoms with Gasteiger partial charge in [0, 0.05) is 9.79 Å². The molecule has 4 aromatic carbocycles. The van der Waals surface area contributed by atoms with Gasteiger partial charge in [0.15, 0.2) is 0 Å². The third-order valence-corrected chi connectivity index (χ3v) is 8.67. The molecule has 1 saturated carbocycles. The van der Waals surface area contributed by atoms with E-state index in [1.807, 2.05) is 54.6 Å². The van der Waals surface area contributed by atoms with E-state index in [0.29, 0.717) is 5.75 Å². The third-order valence-electron chi connectivity index (χ3n) is 7.65. The summed E-state index contributed by atoms with van der Waals surface area (Å²) in [4.78, 5) is 15.1. The molecule has 0 radical (unpaired) electrons. The van der Waals surface area contributed by atoms with Crippen molar-refractivity contribution in [3.63, 3.8) is 0 Å². The number of carbonyl (C=O) groups is 1. The van der Waals surface area contributed by atoms with Crippen LogP contribution >= 0.6 is 11.8 Å². The predicted molar refractivity (Wildman–Crippen MR) is 163 cm³/mol.